The lowest BCUT2D eigenvalue weighted by molar-refractivity contribution is 0.481. The first-order valence-corrected chi connectivity index (χ1v) is 5.21. The highest BCUT2D eigenvalue weighted by molar-refractivity contribution is 5.17. The molecule has 12 heavy (non-hydrogen) atoms. The molecule has 0 heterocycles. The number of hydrogen-bond donors (Lipinski definition) is 0. The summed E-state index contributed by atoms with van der Waals surface area (Å²) in [6, 6.07) is 0. The number of hydrogen-bond acceptors (Lipinski definition) is 0. The Kier molecular flexibility index (Phi) is 4.13. The van der Waals surface area contributed by atoms with Gasteiger partial charge >= 0.3 is 0 Å². The summed E-state index contributed by atoms with van der Waals surface area (Å²) in [5.41, 5.74) is 1.66. The van der Waals surface area contributed by atoms with E-state index in [2.05, 4.69) is 32.1 Å². The highest BCUT2D eigenvalue weighted by atomic mass is 14.1. The van der Waals surface area contributed by atoms with Crippen molar-refractivity contribution in [3.63, 3.8) is 0 Å². The van der Waals surface area contributed by atoms with Crippen molar-refractivity contribution < 1.29 is 0 Å². The third-order valence-corrected chi connectivity index (χ3v) is 2.81. The molecule has 0 aliphatic heterocycles. The Morgan fingerprint density at radius 2 is 2.08 bits per heavy atom. The quantitative estimate of drug-likeness (QED) is 0.587. The number of rotatable bonds is 4. The molecule has 0 saturated carbocycles. The molecule has 0 unspecified atom stereocenters. The van der Waals surface area contributed by atoms with Crippen LogP contribution in [0.1, 0.15) is 46.0 Å². The van der Waals surface area contributed by atoms with E-state index in [1.54, 1.807) is 5.57 Å². The van der Waals surface area contributed by atoms with Crippen LogP contribution in [0, 0.1) is 5.92 Å². The first-order chi connectivity index (χ1) is 5.86. The van der Waals surface area contributed by atoms with Gasteiger partial charge in [0.25, 0.3) is 0 Å². The Balaban J connectivity index is 2.38. The summed E-state index contributed by atoms with van der Waals surface area (Å²) in [6.07, 6.45) is 13.3. The Bertz CT molecular complexity index is 170. The van der Waals surface area contributed by atoms with E-state index < -0.39 is 0 Å². The summed E-state index contributed by atoms with van der Waals surface area (Å²) in [6.45, 7) is 4.60. The summed E-state index contributed by atoms with van der Waals surface area (Å²) in [7, 11) is 0. The lowest BCUT2D eigenvalue weighted by atomic mass is 9.91. The van der Waals surface area contributed by atoms with Crippen LogP contribution in [0.2, 0.25) is 0 Å². The summed E-state index contributed by atoms with van der Waals surface area (Å²) in [5.74, 6) is 0.919. The zero-order valence-corrected chi connectivity index (χ0v) is 8.34. The van der Waals surface area contributed by atoms with E-state index >= 15 is 0 Å². The van der Waals surface area contributed by atoms with Gasteiger partial charge < -0.3 is 0 Å². The molecule has 68 valence electrons. The second-order valence-corrected chi connectivity index (χ2v) is 3.68. The smallest absolute Gasteiger partial charge is 0.0282 e. The molecular formula is C12H20. The van der Waals surface area contributed by atoms with E-state index in [1.807, 2.05) is 0 Å². The van der Waals surface area contributed by atoms with E-state index in [-0.39, 0.29) is 0 Å². The molecule has 0 aromatic carbocycles. The van der Waals surface area contributed by atoms with Crippen molar-refractivity contribution in [1.82, 2.24) is 0 Å². The Hall–Kier alpha value is -0.520. The molecular weight excluding hydrogens is 144 g/mol. The fourth-order valence-corrected chi connectivity index (χ4v) is 1.77. The summed E-state index contributed by atoms with van der Waals surface area (Å²) in [4.78, 5) is 0. The molecule has 1 aliphatic rings. The molecule has 0 spiro atoms. The van der Waals surface area contributed by atoms with Gasteiger partial charge in [0, 0.05) is 0 Å². The standard InChI is InChI=1S/C12H20/c1-3-11(4-2)10-12-8-6-5-7-9-12/h5-6,8,11H,3-4,7,9-10H2,1-2H3. The molecule has 0 aromatic heterocycles. The minimum absolute atomic E-state index is 0.919. The van der Waals surface area contributed by atoms with Crippen LogP contribution in [0.3, 0.4) is 0 Å². The van der Waals surface area contributed by atoms with Crippen LogP contribution < -0.4 is 0 Å². The van der Waals surface area contributed by atoms with Crippen molar-refractivity contribution in [2.24, 2.45) is 5.92 Å². The van der Waals surface area contributed by atoms with Gasteiger partial charge in [-0.1, -0.05) is 50.5 Å². The van der Waals surface area contributed by atoms with Gasteiger partial charge in [0.2, 0.25) is 0 Å². The summed E-state index contributed by atoms with van der Waals surface area (Å²) >= 11 is 0. The number of allylic oxidation sites excluding steroid dienone is 4. The SMILES string of the molecule is CCC(CC)CC1=CC=CCC1. The molecule has 1 aliphatic carbocycles. The molecule has 0 N–H and O–H groups in total. The Labute approximate surface area is 76.4 Å². The predicted molar refractivity (Wildman–Crippen MR) is 55.1 cm³/mol. The van der Waals surface area contributed by atoms with Gasteiger partial charge in [-0.05, 0) is 25.2 Å². The van der Waals surface area contributed by atoms with Gasteiger partial charge in [-0.2, -0.15) is 0 Å². The minimum atomic E-state index is 0.919. The third kappa shape index (κ3) is 2.84. The summed E-state index contributed by atoms with van der Waals surface area (Å²) in [5, 5.41) is 0. The van der Waals surface area contributed by atoms with Gasteiger partial charge in [-0.15, -0.1) is 0 Å². The predicted octanol–water partition coefficient (Wildman–Crippen LogP) is 4.09. The molecule has 0 bridgehead atoms. The highest BCUT2D eigenvalue weighted by Crippen LogP contribution is 2.23. The van der Waals surface area contributed by atoms with Crippen LogP contribution in [0.15, 0.2) is 23.8 Å². The van der Waals surface area contributed by atoms with Gasteiger partial charge in [0.1, 0.15) is 0 Å². The van der Waals surface area contributed by atoms with Gasteiger partial charge in [-0.25, -0.2) is 0 Å². The van der Waals surface area contributed by atoms with Crippen LogP contribution in [-0.4, -0.2) is 0 Å². The first kappa shape index (κ1) is 9.57. The lowest BCUT2D eigenvalue weighted by Gasteiger charge is -2.15. The average molecular weight is 164 g/mol. The zero-order chi connectivity index (χ0) is 8.81. The molecule has 0 heteroatoms. The monoisotopic (exact) mass is 164 g/mol. The van der Waals surface area contributed by atoms with Crippen molar-refractivity contribution in [2.45, 2.75) is 46.0 Å². The second-order valence-electron chi connectivity index (χ2n) is 3.68. The first-order valence-electron chi connectivity index (χ1n) is 5.21. The maximum atomic E-state index is 2.31. The molecule has 0 saturated heterocycles. The molecule has 0 radical (unpaired) electrons. The van der Waals surface area contributed by atoms with E-state index in [0.717, 1.165) is 5.92 Å². The van der Waals surface area contributed by atoms with E-state index in [9.17, 15) is 0 Å². The van der Waals surface area contributed by atoms with Crippen molar-refractivity contribution in [2.75, 3.05) is 0 Å². The Morgan fingerprint density at radius 3 is 2.58 bits per heavy atom. The summed E-state index contributed by atoms with van der Waals surface area (Å²) < 4.78 is 0. The molecule has 0 amide bonds. The molecule has 0 nitrogen and oxygen atoms in total. The van der Waals surface area contributed by atoms with Crippen LogP contribution in [0.25, 0.3) is 0 Å². The molecule has 0 fully saturated rings. The third-order valence-electron chi connectivity index (χ3n) is 2.81. The lowest BCUT2D eigenvalue weighted by Crippen LogP contribution is -2.00. The van der Waals surface area contributed by atoms with Crippen LogP contribution in [0.4, 0.5) is 0 Å². The fourth-order valence-electron chi connectivity index (χ4n) is 1.77. The van der Waals surface area contributed by atoms with Crippen molar-refractivity contribution in [1.29, 1.82) is 0 Å². The van der Waals surface area contributed by atoms with Crippen LogP contribution in [-0.2, 0) is 0 Å². The van der Waals surface area contributed by atoms with Gasteiger partial charge in [-0.3, -0.25) is 0 Å². The van der Waals surface area contributed by atoms with E-state index in [0.29, 0.717) is 0 Å². The van der Waals surface area contributed by atoms with Crippen LogP contribution >= 0.6 is 0 Å². The van der Waals surface area contributed by atoms with Crippen molar-refractivity contribution >= 4 is 0 Å². The van der Waals surface area contributed by atoms with Crippen molar-refractivity contribution in [3.8, 4) is 0 Å². The largest absolute Gasteiger partial charge is 0.0842 e. The topological polar surface area (TPSA) is 0 Å². The minimum Gasteiger partial charge on any atom is -0.0842 e. The molecule has 0 aromatic rings. The zero-order valence-electron chi connectivity index (χ0n) is 8.34. The second kappa shape index (κ2) is 5.18. The van der Waals surface area contributed by atoms with Crippen LogP contribution in [0.5, 0.6) is 0 Å². The highest BCUT2D eigenvalue weighted by Gasteiger charge is 2.07. The normalized spacial score (nSPS) is 16.8. The molecule has 1 rings (SSSR count). The van der Waals surface area contributed by atoms with Gasteiger partial charge in [0.15, 0.2) is 0 Å². The van der Waals surface area contributed by atoms with E-state index in [4.69, 9.17) is 0 Å². The average Bonchev–Trinajstić information content (AvgIpc) is 2.16. The maximum absolute atomic E-state index is 2.31. The Morgan fingerprint density at radius 1 is 1.33 bits per heavy atom. The molecule has 0 atom stereocenters. The fraction of sp³-hybridized carbons (Fsp3) is 0.667. The van der Waals surface area contributed by atoms with Crippen molar-refractivity contribution in [3.05, 3.63) is 23.8 Å². The maximum Gasteiger partial charge on any atom is -0.0282 e. The van der Waals surface area contributed by atoms with E-state index in [1.165, 1.54) is 32.1 Å². The van der Waals surface area contributed by atoms with Gasteiger partial charge in [0.05, 0.1) is 0 Å².